The molecule has 0 aromatic heterocycles. The molecule has 0 amide bonds. The summed E-state index contributed by atoms with van der Waals surface area (Å²) in [6, 6.07) is 0. The van der Waals surface area contributed by atoms with Crippen molar-refractivity contribution >= 4 is 65.7 Å². The van der Waals surface area contributed by atoms with E-state index in [1.54, 1.807) is 0 Å². The van der Waals surface area contributed by atoms with Crippen molar-refractivity contribution in [3.05, 3.63) is 0 Å². The van der Waals surface area contributed by atoms with Crippen LogP contribution in [0.1, 0.15) is 0 Å². The molecule has 0 aromatic carbocycles. The molecule has 24 valence electrons. The number of hydrogen-bond acceptors (Lipinski definition) is 1. The van der Waals surface area contributed by atoms with Gasteiger partial charge in [-0.25, -0.2) is 0 Å². The minimum absolute atomic E-state index is 0. The zero-order valence-electron chi connectivity index (χ0n) is 1.62. The van der Waals surface area contributed by atoms with Crippen LogP contribution in [0.4, 0.5) is 0 Å². The van der Waals surface area contributed by atoms with Crippen LogP contribution in [-0.4, -0.2) is 65.7 Å². The Morgan fingerprint density at radius 3 is 1.20 bits per heavy atom. The molecular weight excluding hydrogens is 342 g/mol. The molecule has 0 rings (SSSR count). The second kappa shape index (κ2) is 30.4. The van der Waals surface area contributed by atoms with Gasteiger partial charge < -0.3 is 0 Å². The van der Waals surface area contributed by atoms with Gasteiger partial charge in [0.2, 0.25) is 0 Å². The van der Waals surface area contributed by atoms with Crippen LogP contribution in [0.2, 0.25) is 0 Å². The smallest absolute Gasteiger partial charge is 0 e. The molecule has 0 aliphatic rings. The largest absolute Gasteiger partial charge is 0 e. The van der Waals surface area contributed by atoms with Crippen molar-refractivity contribution in [3.8, 4) is 0 Å². The molecule has 0 saturated heterocycles. The molecular formula is H6AlInOSnZn. The van der Waals surface area contributed by atoms with Gasteiger partial charge in [-0.1, -0.05) is 0 Å². The summed E-state index contributed by atoms with van der Waals surface area (Å²) in [6.45, 7) is 0. The van der Waals surface area contributed by atoms with Gasteiger partial charge in [-0.15, -0.1) is 0 Å². The van der Waals surface area contributed by atoms with Crippen LogP contribution in [0.3, 0.4) is 0 Å². The first kappa shape index (κ1) is 25.5. The maximum atomic E-state index is 8.34. The molecule has 0 spiro atoms. The van der Waals surface area contributed by atoms with Gasteiger partial charge in [-0.3, -0.25) is 0 Å². The SMILES string of the molecule is [AlH3].[InH3].[O]=[Sn].[Zn]. The summed E-state index contributed by atoms with van der Waals surface area (Å²) in [5.74, 6) is 0. The Bertz CT molecular complexity index is 11.6. The summed E-state index contributed by atoms with van der Waals surface area (Å²) in [6.07, 6.45) is 0. The molecule has 0 fully saturated rings. The van der Waals surface area contributed by atoms with Gasteiger partial charge in [-0.2, -0.15) is 0 Å². The zero-order chi connectivity index (χ0) is 2.00. The average molecular weight is 348 g/mol. The van der Waals surface area contributed by atoms with Crippen LogP contribution >= 0.6 is 0 Å². The predicted octanol–water partition coefficient (Wildman–Crippen LogP) is -2.87. The summed E-state index contributed by atoms with van der Waals surface area (Å²) >= 11 is 0.300. The van der Waals surface area contributed by atoms with E-state index in [-0.39, 0.29) is 62.7 Å². The van der Waals surface area contributed by atoms with E-state index in [1.165, 1.54) is 0 Å². The van der Waals surface area contributed by atoms with Gasteiger partial charge >= 0.3 is 51.4 Å². The van der Waals surface area contributed by atoms with Crippen molar-refractivity contribution in [1.29, 1.82) is 0 Å². The van der Waals surface area contributed by atoms with Gasteiger partial charge in [-0.05, 0) is 0 Å². The molecule has 5 heteroatoms. The quantitative estimate of drug-likeness (QED) is 0.431. The Morgan fingerprint density at radius 1 is 1.20 bits per heavy atom. The Hall–Kier alpha value is 2.62. The van der Waals surface area contributed by atoms with Crippen molar-refractivity contribution in [2.45, 2.75) is 0 Å². The van der Waals surface area contributed by atoms with Gasteiger partial charge in [0.15, 0.2) is 17.4 Å². The summed E-state index contributed by atoms with van der Waals surface area (Å²) in [5.41, 5.74) is 0. The first-order chi connectivity index (χ1) is 1.00. The first-order valence-corrected chi connectivity index (χ1v) is 1.37. The molecule has 0 aliphatic carbocycles. The summed E-state index contributed by atoms with van der Waals surface area (Å²) < 4.78 is 8.34. The van der Waals surface area contributed by atoms with Crippen LogP contribution in [0.5, 0.6) is 0 Å². The van der Waals surface area contributed by atoms with E-state index in [0.29, 0.717) is 22.5 Å². The Labute approximate surface area is 86.8 Å². The van der Waals surface area contributed by atoms with Gasteiger partial charge in [0.05, 0.1) is 0 Å². The van der Waals surface area contributed by atoms with Crippen LogP contribution in [0.25, 0.3) is 0 Å². The van der Waals surface area contributed by atoms with E-state index in [2.05, 4.69) is 0 Å². The molecule has 0 N–H and O–H groups in total. The molecule has 0 aliphatic heterocycles. The molecule has 0 unspecified atom stereocenters. The fourth-order valence-corrected chi connectivity index (χ4v) is 0. The van der Waals surface area contributed by atoms with Crippen molar-refractivity contribution < 1.29 is 22.6 Å². The molecule has 0 aromatic rings. The maximum Gasteiger partial charge on any atom is 0 e. The van der Waals surface area contributed by atoms with Gasteiger partial charge in [0, 0.05) is 19.5 Å². The van der Waals surface area contributed by atoms with E-state index in [0.717, 1.165) is 0 Å². The Morgan fingerprint density at radius 2 is 1.20 bits per heavy atom. The fraction of sp³-hybridized carbons (Fsp3) is 0. The van der Waals surface area contributed by atoms with E-state index in [1.807, 2.05) is 0 Å². The van der Waals surface area contributed by atoms with Crippen LogP contribution in [0, 0.1) is 0 Å². The van der Waals surface area contributed by atoms with Crippen molar-refractivity contribution in [3.63, 3.8) is 0 Å². The normalized spacial score (nSPS) is 0.800. The standard InChI is InChI=1S/Al.In.O.Sn.Zn.6H. The predicted molar refractivity (Wildman–Crippen MR) is 26.3 cm³/mol. The minimum atomic E-state index is 0. The molecule has 0 heterocycles. The molecule has 0 atom stereocenters. The Balaban J connectivity index is -0.00000000167. The molecule has 5 heavy (non-hydrogen) atoms. The summed E-state index contributed by atoms with van der Waals surface area (Å²) in [5, 5.41) is 0. The third-order valence-corrected chi connectivity index (χ3v) is 0. The zero-order valence-corrected chi connectivity index (χ0v) is 7.44. The van der Waals surface area contributed by atoms with Crippen molar-refractivity contribution in [2.24, 2.45) is 0 Å². The molecule has 0 saturated carbocycles. The number of hydrogen-bond donors (Lipinski definition) is 0. The third-order valence-electron chi connectivity index (χ3n) is 0. The van der Waals surface area contributed by atoms with E-state index >= 15 is 0 Å². The van der Waals surface area contributed by atoms with Crippen molar-refractivity contribution in [1.82, 2.24) is 0 Å². The summed E-state index contributed by atoms with van der Waals surface area (Å²) in [4.78, 5) is 0. The van der Waals surface area contributed by atoms with E-state index < -0.39 is 0 Å². The summed E-state index contributed by atoms with van der Waals surface area (Å²) in [7, 11) is 0. The third kappa shape index (κ3) is 20.6. The molecule has 2 radical (unpaired) electrons. The van der Waals surface area contributed by atoms with E-state index in [9.17, 15) is 0 Å². The topological polar surface area (TPSA) is 17.1 Å². The minimum Gasteiger partial charge on any atom is 0 e. The van der Waals surface area contributed by atoms with Crippen LogP contribution in [-0.2, 0) is 22.6 Å². The Kier molecular flexibility index (Phi) is 155. The maximum absolute atomic E-state index is 8.34. The van der Waals surface area contributed by atoms with Crippen LogP contribution in [0.15, 0.2) is 0 Å². The second-order valence-corrected chi connectivity index (χ2v) is 0. The van der Waals surface area contributed by atoms with Crippen LogP contribution < -0.4 is 0 Å². The van der Waals surface area contributed by atoms with Gasteiger partial charge in [0.25, 0.3) is 0 Å². The average Bonchev–Trinajstić information content (AvgIpc) is 1.00. The van der Waals surface area contributed by atoms with E-state index in [4.69, 9.17) is 3.08 Å². The monoisotopic (exact) mass is 348 g/mol. The molecule has 0 bridgehead atoms. The number of rotatable bonds is 0. The first-order valence-electron chi connectivity index (χ1n) is 0.204. The van der Waals surface area contributed by atoms with Gasteiger partial charge in [0.1, 0.15) is 0 Å². The van der Waals surface area contributed by atoms with Crippen molar-refractivity contribution in [2.75, 3.05) is 0 Å². The molecule has 1 nitrogen and oxygen atoms in total. The fourth-order valence-electron chi connectivity index (χ4n) is 0. The second-order valence-electron chi connectivity index (χ2n) is 0.